The van der Waals surface area contributed by atoms with E-state index in [9.17, 15) is 9.90 Å². The van der Waals surface area contributed by atoms with Gasteiger partial charge in [0, 0.05) is 11.1 Å². The number of carboxylic acid groups (broad SMARTS) is 1. The summed E-state index contributed by atoms with van der Waals surface area (Å²) in [5.41, 5.74) is 6.81. The highest BCUT2D eigenvalue weighted by atomic mass is 16.4. The van der Waals surface area contributed by atoms with Crippen LogP contribution in [0.15, 0.2) is 42.5 Å². The maximum absolute atomic E-state index is 11.6. The molecular weight excluding hydrogens is 300 g/mol. The average Bonchev–Trinajstić information content (AvgIpc) is 2.86. The van der Waals surface area contributed by atoms with Gasteiger partial charge in [0.05, 0.1) is 11.4 Å². The highest BCUT2D eigenvalue weighted by Gasteiger charge is 2.22. The Kier molecular flexibility index (Phi) is 3.97. The molecule has 4 nitrogen and oxygen atoms in total. The topological polar surface area (TPSA) is 55.1 Å². The van der Waals surface area contributed by atoms with E-state index < -0.39 is 5.97 Å². The fourth-order valence-corrected chi connectivity index (χ4v) is 2.97. The average molecular weight is 320 g/mol. The van der Waals surface area contributed by atoms with Crippen molar-refractivity contribution in [1.82, 2.24) is 9.78 Å². The zero-order chi connectivity index (χ0) is 17.4. The Morgan fingerprint density at radius 1 is 0.958 bits per heavy atom. The molecule has 3 aromatic rings. The second kappa shape index (κ2) is 5.96. The Morgan fingerprint density at radius 3 is 2.17 bits per heavy atom. The van der Waals surface area contributed by atoms with Crippen molar-refractivity contribution in [3.05, 3.63) is 70.4 Å². The minimum Gasteiger partial charge on any atom is -0.476 e. The zero-order valence-electron chi connectivity index (χ0n) is 14.3. The van der Waals surface area contributed by atoms with Crippen LogP contribution < -0.4 is 0 Å². The molecule has 0 fully saturated rings. The first-order valence-electron chi connectivity index (χ1n) is 7.86. The van der Waals surface area contributed by atoms with Gasteiger partial charge >= 0.3 is 5.97 Å². The molecule has 0 amide bonds. The van der Waals surface area contributed by atoms with E-state index in [1.165, 1.54) is 0 Å². The number of benzene rings is 2. The van der Waals surface area contributed by atoms with E-state index in [4.69, 9.17) is 0 Å². The van der Waals surface area contributed by atoms with Crippen LogP contribution in [0.25, 0.3) is 16.9 Å². The van der Waals surface area contributed by atoms with Crippen LogP contribution in [0.4, 0.5) is 0 Å². The van der Waals surface area contributed by atoms with Crippen LogP contribution in [0.1, 0.15) is 32.7 Å². The molecule has 1 aromatic heterocycles. The molecule has 24 heavy (non-hydrogen) atoms. The first-order chi connectivity index (χ1) is 11.4. The van der Waals surface area contributed by atoms with Gasteiger partial charge in [-0.25, -0.2) is 9.48 Å². The van der Waals surface area contributed by atoms with Crippen molar-refractivity contribution in [3.8, 4) is 16.9 Å². The van der Waals surface area contributed by atoms with Gasteiger partial charge in [0.15, 0.2) is 5.69 Å². The summed E-state index contributed by atoms with van der Waals surface area (Å²) in [7, 11) is 0. The molecule has 4 heteroatoms. The normalized spacial score (nSPS) is 10.8. The molecule has 0 aliphatic carbocycles. The molecule has 0 bridgehead atoms. The quantitative estimate of drug-likeness (QED) is 0.774. The van der Waals surface area contributed by atoms with E-state index in [1.807, 2.05) is 64.1 Å². The molecule has 1 heterocycles. The molecule has 0 spiro atoms. The maximum atomic E-state index is 11.6. The van der Waals surface area contributed by atoms with E-state index in [0.717, 1.165) is 33.6 Å². The van der Waals surface area contributed by atoms with Crippen LogP contribution in [0.2, 0.25) is 0 Å². The molecule has 1 N–H and O–H groups in total. The molecule has 0 atom stereocenters. The first kappa shape index (κ1) is 16.0. The number of hydrogen-bond donors (Lipinski definition) is 1. The summed E-state index contributed by atoms with van der Waals surface area (Å²) in [5, 5.41) is 13.9. The minimum absolute atomic E-state index is 0.0885. The van der Waals surface area contributed by atoms with Gasteiger partial charge in [-0.15, -0.1) is 0 Å². The number of aromatic carboxylic acids is 1. The van der Waals surface area contributed by atoms with Gasteiger partial charge in [0.25, 0.3) is 0 Å². The van der Waals surface area contributed by atoms with Crippen molar-refractivity contribution in [2.45, 2.75) is 27.7 Å². The largest absolute Gasteiger partial charge is 0.476 e. The molecule has 3 rings (SSSR count). The molecule has 2 aromatic carbocycles. The van der Waals surface area contributed by atoms with E-state index in [1.54, 1.807) is 4.68 Å². The fraction of sp³-hybridized carbons (Fsp3) is 0.200. The van der Waals surface area contributed by atoms with Crippen LogP contribution in [-0.2, 0) is 0 Å². The lowest BCUT2D eigenvalue weighted by molar-refractivity contribution is 0.0689. The lowest BCUT2D eigenvalue weighted by Gasteiger charge is -2.12. The van der Waals surface area contributed by atoms with Crippen molar-refractivity contribution >= 4 is 5.97 Å². The highest BCUT2D eigenvalue weighted by Crippen LogP contribution is 2.30. The molecule has 0 aliphatic heterocycles. The molecule has 0 unspecified atom stereocenters. The third-order valence-corrected chi connectivity index (χ3v) is 4.23. The van der Waals surface area contributed by atoms with E-state index in [-0.39, 0.29) is 5.69 Å². The predicted octanol–water partition coefficient (Wildman–Crippen LogP) is 4.47. The third-order valence-electron chi connectivity index (χ3n) is 4.23. The molecular formula is C20H20N2O2. The number of hydrogen-bond acceptors (Lipinski definition) is 2. The molecule has 122 valence electrons. The van der Waals surface area contributed by atoms with Gasteiger partial charge in [-0.3, -0.25) is 0 Å². The summed E-state index contributed by atoms with van der Waals surface area (Å²) < 4.78 is 1.75. The number of rotatable bonds is 3. The molecule has 0 radical (unpaired) electrons. The first-order valence-corrected chi connectivity index (χ1v) is 7.86. The van der Waals surface area contributed by atoms with Crippen molar-refractivity contribution in [2.75, 3.05) is 0 Å². The number of aryl methyl sites for hydroxylation is 3. The summed E-state index contributed by atoms with van der Waals surface area (Å²) in [6.07, 6.45) is 0. The van der Waals surface area contributed by atoms with E-state index in [0.29, 0.717) is 5.56 Å². The van der Waals surface area contributed by atoms with Crippen LogP contribution in [0, 0.1) is 27.7 Å². The Labute approximate surface area is 141 Å². The summed E-state index contributed by atoms with van der Waals surface area (Å²) in [6, 6.07) is 14.1. The molecule has 0 saturated heterocycles. The van der Waals surface area contributed by atoms with Gasteiger partial charge in [0.2, 0.25) is 0 Å². The van der Waals surface area contributed by atoms with Crippen LogP contribution in [-0.4, -0.2) is 20.9 Å². The number of carboxylic acids is 1. The highest BCUT2D eigenvalue weighted by molar-refractivity contribution is 5.90. The Balaban J connectivity index is 2.30. The number of carbonyl (C=O) groups is 1. The zero-order valence-corrected chi connectivity index (χ0v) is 14.3. The Hall–Kier alpha value is -2.88. The minimum atomic E-state index is -1.01. The second-order valence-corrected chi connectivity index (χ2v) is 6.20. The Bertz CT molecular complexity index is 922. The van der Waals surface area contributed by atoms with Crippen molar-refractivity contribution < 1.29 is 9.90 Å². The maximum Gasteiger partial charge on any atom is 0.356 e. The summed E-state index contributed by atoms with van der Waals surface area (Å²) in [6.45, 7) is 7.89. The number of aromatic nitrogens is 2. The predicted molar refractivity (Wildman–Crippen MR) is 94.9 cm³/mol. The third kappa shape index (κ3) is 2.71. The fourth-order valence-electron chi connectivity index (χ4n) is 2.97. The van der Waals surface area contributed by atoms with E-state index in [2.05, 4.69) is 11.2 Å². The molecule has 0 aliphatic rings. The monoisotopic (exact) mass is 320 g/mol. The summed E-state index contributed by atoms with van der Waals surface area (Å²) in [5.74, 6) is -1.01. The van der Waals surface area contributed by atoms with Gasteiger partial charge in [-0.05, 0) is 39.3 Å². The molecule has 0 saturated carbocycles. The van der Waals surface area contributed by atoms with Gasteiger partial charge in [-0.2, -0.15) is 5.10 Å². The lowest BCUT2D eigenvalue weighted by Crippen LogP contribution is -2.04. The van der Waals surface area contributed by atoms with Crippen molar-refractivity contribution in [3.63, 3.8) is 0 Å². The van der Waals surface area contributed by atoms with Crippen LogP contribution >= 0.6 is 0 Å². The summed E-state index contributed by atoms with van der Waals surface area (Å²) in [4.78, 5) is 11.6. The standard InChI is InChI=1S/C20H20N2O2/c1-12-5-8-16(9-6-12)19-15(4)18(20(23)24)21-22(19)17-10-7-13(2)11-14(17)3/h5-11H,1-4H3,(H,23,24). The Morgan fingerprint density at radius 2 is 1.58 bits per heavy atom. The number of nitrogens with zero attached hydrogens (tertiary/aromatic N) is 2. The van der Waals surface area contributed by atoms with Crippen LogP contribution in [0.5, 0.6) is 0 Å². The van der Waals surface area contributed by atoms with Gasteiger partial charge in [0.1, 0.15) is 0 Å². The SMILES string of the molecule is Cc1ccc(-c2c(C)c(C(=O)O)nn2-c2ccc(C)cc2C)cc1. The van der Waals surface area contributed by atoms with Crippen LogP contribution in [0.3, 0.4) is 0 Å². The van der Waals surface area contributed by atoms with Crippen molar-refractivity contribution in [1.29, 1.82) is 0 Å². The van der Waals surface area contributed by atoms with Gasteiger partial charge < -0.3 is 5.11 Å². The van der Waals surface area contributed by atoms with Crippen molar-refractivity contribution in [2.24, 2.45) is 0 Å². The lowest BCUT2D eigenvalue weighted by atomic mass is 10.0. The second-order valence-electron chi connectivity index (χ2n) is 6.20. The van der Waals surface area contributed by atoms with Gasteiger partial charge in [-0.1, -0.05) is 47.5 Å². The summed E-state index contributed by atoms with van der Waals surface area (Å²) >= 11 is 0. The van der Waals surface area contributed by atoms with E-state index >= 15 is 0 Å². The smallest absolute Gasteiger partial charge is 0.356 e.